The molecule has 0 bridgehead atoms. The van der Waals surface area contributed by atoms with Crippen LogP contribution in [0.15, 0.2) is 0 Å². The molecule has 4 amide bonds. The van der Waals surface area contributed by atoms with Crippen LogP contribution in [-0.4, -0.2) is 122 Å². The van der Waals surface area contributed by atoms with Crippen molar-refractivity contribution >= 4 is 35.6 Å². The molecule has 1 rings (SSSR count). The Hall–Kier alpha value is -3.38. The maximum absolute atomic E-state index is 13.2. The summed E-state index contributed by atoms with van der Waals surface area (Å²) in [5.74, 6) is -6.12. The molecule has 0 aromatic rings. The zero-order chi connectivity index (χ0) is 30.2. The Morgan fingerprint density at radius 2 is 1.62 bits per heavy atom. The lowest BCUT2D eigenvalue weighted by Gasteiger charge is -2.48. The van der Waals surface area contributed by atoms with Crippen molar-refractivity contribution in [2.75, 3.05) is 6.61 Å². The maximum atomic E-state index is 13.2. The minimum absolute atomic E-state index is 0.284. The quantitative estimate of drug-likeness (QED) is 0.0996. The standard InChI is InChI=1S/C22H37N5O12/c1-8(21(34)35)25-19(33)12(5-6-14(23)30)26-18(32)9(2)27(11(4)29)20-15(24)17(38-10(3)22(36)37)16(31)13(7-28)39-20/h8-10,12-13,15-17,20,28,31H,5-7,24H2,1-4H3,(H2,23,30)(H,25,33)(H,26,32)(H,34,35)(H,36,37)/t8-,9-,10+,12+,13+,15+,16+,17+,20?/m0/s1. The zero-order valence-corrected chi connectivity index (χ0v) is 22.0. The molecule has 1 saturated heterocycles. The van der Waals surface area contributed by atoms with Crippen LogP contribution < -0.4 is 22.1 Å². The lowest BCUT2D eigenvalue weighted by molar-refractivity contribution is -0.245. The van der Waals surface area contributed by atoms with Crippen LogP contribution in [0.3, 0.4) is 0 Å². The number of primary amides is 1. The van der Waals surface area contributed by atoms with E-state index in [-0.39, 0.29) is 12.8 Å². The highest BCUT2D eigenvalue weighted by Crippen LogP contribution is 2.27. The van der Waals surface area contributed by atoms with Gasteiger partial charge in [-0.3, -0.25) is 24.0 Å². The summed E-state index contributed by atoms with van der Waals surface area (Å²) < 4.78 is 11.0. The van der Waals surface area contributed by atoms with E-state index in [1.165, 1.54) is 20.8 Å². The average molecular weight is 564 g/mol. The van der Waals surface area contributed by atoms with Crippen LogP contribution in [0.2, 0.25) is 0 Å². The predicted octanol–water partition coefficient (Wildman–Crippen LogP) is -4.17. The number of rotatable bonds is 14. The van der Waals surface area contributed by atoms with E-state index in [4.69, 9.17) is 26.0 Å². The number of hydrogen-bond donors (Lipinski definition) is 8. The van der Waals surface area contributed by atoms with Crippen molar-refractivity contribution < 1.29 is 58.7 Å². The molecule has 0 radical (unpaired) electrons. The van der Waals surface area contributed by atoms with E-state index in [9.17, 15) is 44.1 Å². The number of aliphatic hydroxyl groups excluding tert-OH is 2. The van der Waals surface area contributed by atoms with E-state index in [0.717, 1.165) is 11.8 Å². The molecule has 17 nitrogen and oxygen atoms in total. The minimum atomic E-state index is -1.58. The fourth-order valence-electron chi connectivity index (χ4n) is 3.84. The third kappa shape index (κ3) is 9.10. The predicted molar refractivity (Wildman–Crippen MR) is 129 cm³/mol. The highest BCUT2D eigenvalue weighted by molar-refractivity contribution is 5.93. The Balaban J connectivity index is 3.25. The van der Waals surface area contributed by atoms with E-state index in [2.05, 4.69) is 10.6 Å². The Morgan fingerprint density at radius 1 is 1.03 bits per heavy atom. The van der Waals surface area contributed by atoms with Crippen molar-refractivity contribution in [2.45, 2.75) is 95.3 Å². The Labute approximate surface area is 223 Å². The second-order valence-corrected chi connectivity index (χ2v) is 9.13. The topological polar surface area (TPSA) is 281 Å². The molecule has 0 saturated carbocycles. The van der Waals surface area contributed by atoms with Gasteiger partial charge in [-0.2, -0.15) is 0 Å². The number of aliphatic carboxylic acids is 2. The van der Waals surface area contributed by atoms with Gasteiger partial charge in [-0.25, -0.2) is 4.79 Å². The lowest BCUT2D eigenvalue weighted by Crippen LogP contribution is -2.70. The van der Waals surface area contributed by atoms with Crippen molar-refractivity contribution in [3.05, 3.63) is 0 Å². The summed E-state index contributed by atoms with van der Waals surface area (Å²) in [6.07, 6.45) is -7.94. The Kier molecular flexibility index (Phi) is 12.7. The van der Waals surface area contributed by atoms with Crippen molar-refractivity contribution in [2.24, 2.45) is 11.5 Å². The number of nitrogens with zero attached hydrogens (tertiary/aromatic N) is 1. The molecule has 1 aliphatic heterocycles. The third-order valence-corrected chi connectivity index (χ3v) is 6.11. The largest absolute Gasteiger partial charge is 0.480 e. The second kappa shape index (κ2) is 14.7. The molecule has 1 unspecified atom stereocenters. The molecule has 17 heteroatoms. The van der Waals surface area contributed by atoms with Crippen molar-refractivity contribution in [1.82, 2.24) is 15.5 Å². The van der Waals surface area contributed by atoms with Gasteiger partial charge in [-0.1, -0.05) is 0 Å². The molecular formula is C22H37N5O12. The molecule has 0 aromatic heterocycles. The van der Waals surface area contributed by atoms with Gasteiger partial charge >= 0.3 is 11.9 Å². The van der Waals surface area contributed by atoms with Gasteiger partial charge in [-0.15, -0.1) is 0 Å². The summed E-state index contributed by atoms with van der Waals surface area (Å²) in [7, 11) is 0. The van der Waals surface area contributed by atoms with E-state index in [1.54, 1.807) is 0 Å². The highest BCUT2D eigenvalue weighted by atomic mass is 16.6. The van der Waals surface area contributed by atoms with Gasteiger partial charge in [0.25, 0.3) is 0 Å². The fourth-order valence-corrected chi connectivity index (χ4v) is 3.84. The second-order valence-electron chi connectivity index (χ2n) is 9.13. The van der Waals surface area contributed by atoms with Crippen LogP contribution in [0.1, 0.15) is 40.5 Å². The number of amides is 4. The molecule has 0 spiro atoms. The molecule has 0 aromatic carbocycles. The van der Waals surface area contributed by atoms with Gasteiger partial charge < -0.3 is 56.9 Å². The number of aliphatic hydroxyl groups is 2. The van der Waals surface area contributed by atoms with E-state index in [0.29, 0.717) is 0 Å². The number of hydrogen-bond acceptors (Lipinski definition) is 11. The number of carboxylic acid groups (broad SMARTS) is 2. The van der Waals surface area contributed by atoms with Crippen LogP contribution in [0.25, 0.3) is 0 Å². The number of ether oxygens (including phenoxy) is 2. The summed E-state index contributed by atoms with van der Waals surface area (Å²) in [6, 6.07) is -5.54. The van der Waals surface area contributed by atoms with Gasteiger partial charge in [0.15, 0.2) is 12.3 Å². The van der Waals surface area contributed by atoms with Crippen LogP contribution >= 0.6 is 0 Å². The normalized spacial score (nSPS) is 25.9. The van der Waals surface area contributed by atoms with Crippen LogP contribution in [0.4, 0.5) is 0 Å². The molecular weight excluding hydrogens is 526 g/mol. The first-order valence-electron chi connectivity index (χ1n) is 12.0. The van der Waals surface area contributed by atoms with Gasteiger partial charge in [-0.05, 0) is 27.2 Å². The van der Waals surface area contributed by atoms with Crippen LogP contribution in [0, 0.1) is 0 Å². The summed E-state index contributed by atoms with van der Waals surface area (Å²) >= 11 is 0. The Bertz CT molecular complexity index is 933. The smallest absolute Gasteiger partial charge is 0.332 e. The monoisotopic (exact) mass is 563 g/mol. The number of nitrogens with two attached hydrogens (primary N) is 2. The zero-order valence-electron chi connectivity index (χ0n) is 22.0. The first-order chi connectivity index (χ1) is 18.0. The molecule has 9 atom stereocenters. The summed E-state index contributed by atoms with van der Waals surface area (Å²) in [6.45, 7) is 3.92. The van der Waals surface area contributed by atoms with Gasteiger partial charge in [0.05, 0.1) is 12.6 Å². The van der Waals surface area contributed by atoms with E-state index >= 15 is 0 Å². The molecule has 1 fully saturated rings. The first kappa shape index (κ1) is 33.6. The van der Waals surface area contributed by atoms with Gasteiger partial charge in [0.1, 0.15) is 36.4 Å². The van der Waals surface area contributed by atoms with E-state index in [1.807, 2.05) is 0 Å². The van der Waals surface area contributed by atoms with Gasteiger partial charge in [0.2, 0.25) is 23.6 Å². The van der Waals surface area contributed by atoms with Crippen LogP contribution in [-0.2, 0) is 38.2 Å². The summed E-state index contributed by atoms with van der Waals surface area (Å²) in [5, 5.41) is 43.0. The van der Waals surface area contributed by atoms with E-state index < -0.39 is 97.0 Å². The van der Waals surface area contributed by atoms with Gasteiger partial charge in [0, 0.05) is 13.3 Å². The first-order valence-corrected chi connectivity index (χ1v) is 12.0. The highest BCUT2D eigenvalue weighted by Gasteiger charge is 2.49. The average Bonchev–Trinajstić information content (AvgIpc) is 2.84. The third-order valence-electron chi connectivity index (χ3n) is 6.11. The lowest BCUT2D eigenvalue weighted by atomic mass is 9.94. The Morgan fingerprint density at radius 3 is 2.08 bits per heavy atom. The van der Waals surface area contributed by atoms with Crippen molar-refractivity contribution in [3.8, 4) is 0 Å². The number of carboxylic acids is 2. The minimum Gasteiger partial charge on any atom is -0.480 e. The molecule has 0 aliphatic carbocycles. The molecule has 39 heavy (non-hydrogen) atoms. The number of carbonyl (C=O) groups is 6. The molecule has 1 heterocycles. The summed E-state index contributed by atoms with van der Waals surface area (Å²) in [5.41, 5.74) is 11.3. The molecule has 1 aliphatic rings. The van der Waals surface area contributed by atoms with Crippen molar-refractivity contribution in [1.29, 1.82) is 0 Å². The number of carbonyl (C=O) groups excluding carboxylic acids is 4. The number of nitrogens with one attached hydrogen (secondary N) is 2. The molecule has 222 valence electrons. The maximum Gasteiger partial charge on any atom is 0.332 e. The van der Waals surface area contributed by atoms with Crippen LogP contribution in [0.5, 0.6) is 0 Å². The SMILES string of the molecule is CC(=O)N(C1O[C@H](CO)[C@@H](O)[C@H](O[C@H](C)C(=O)O)[C@H]1N)[C@@H](C)C(=O)N[C@H](CCC(N)=O)C(=O)N[C@@H](C)C(=O)O. The summed E-state index contributed by atoms with van der Waals surface area (Å²) in [4.78, 5) is 72.9. The molecule has 10 N–H and O–H groups in total. The fraction of sp³-hybridized carbons (Fsp3) is 0.727. The van der Waals surface area contributed by atoms with Crippen molar-refractivity contribution in [3.63, 3.8) is 0 Å².